The lowest BCUT2D eigenvalue weighted by atomic mass is 9.91. The van der Waals surface area contributed by atoms with Crippen LogP contribution in [0.15, 0.2) is 24.3 Å². The minimum atomic E-state index is -0.795. The molecule has 0 heterocycles. The number of hydrogen-bond acceptors (Lipinski definition) is 3. The van der Waals surface area contributed by atoms with Crippen LogP contribution in [-0.4, -0.2) is 24.6 Å². The molecule has 0 radical (unpaired) electrons. The van der Waals surface area contributed by atoms with Crippen molar-refractivity contribution in [3.8, 4) is 5.75 Å². The number of carbonyl (C=O) groups excluding carboxylic acids is 1. The highest BCUT2D eigenvalue weighted by molar-refractivity contribution is 6.04. The molecule has 0 spiro atoms. The first kappa shape index (κ1) is 14.7. The molecule has 100 valence electrons. The maximum Gasteiger partial charge on any atom is 0.198 e. The largest absolute Gasteiger partial charge is 0.490 e. The molecule has 1 unspecified atom stereocenters. The Morgan fingerprint density at radius 1 is 1.33 bits per heavy atom. The van der Waals surface area contributed by atoms with Gasteiger partial charge >= 0.3 is 0 Å². The van der Waals surface area contributed by atoms with Crippen molar-refractivity contribution in [2.24, 2.45) is 0 Å². The monoisotopic (exact) mass is 250 g/mol. The summed E-state index contributed by atoms with van der Waals surface area (Å²) in [6.07, 6.45) is 0.660. The van der Waals surface area contributed by atoms with E-state index in [0.717, 1.165) is 0 Å². The van der Waals surface area contributed by atoms with Gasteiger partial charge in [0.1, 0.15) is 11.4 Å². The van der Waals surface area contributed by atoms with Gasteiger partial charge in [0, 0.05) is 7.11 Å². The van der Waals surface area contributed by atoms with Crippen molar-refractivity contribution >= 4 is 5.78 Å². The van der Waals surface area contributed by atoms with Crippen molar-refractivity contribution in [2.75, 3.05) is 7.11 Å². The quantitative estimate of drug-likeness (QED) is 0.725. The van der Waals surface area contributed by atoms with Gasteiger partial charge in [0.2, 0.25) is 0 Å². The van der Waals surface area contributed by atoms with Gasteiger partial charge in [0.15, 0.2) is 5.78 Å². The van der Waals surface area contributed by atoms with E-state index < -0.39 is 5.60 Å². The molecule has 18 heavy (non-hydrogen) atoms. The van der Waals surface area contributed by atoms with E-state index in [-0.39, 0.29) is 11.9 Å². The number of methoxy groups -OCH3 is 1. The Bertz CT molecular complexity index is 406. The Morgan fingerprint density at radius 2 is 1.94 bits per heavy atom. The summed E-state index contributed by atoms with van der Waals surface area (Å²) in [6.45, 7) is 7.63. The van der Waals surface area contributed by atoms with E-state index >= 15 is 0 Å². The second kappa shape index (κ2) is 6.01. The smallest absolute Gasteiger partial charge is 0.198 e. The van der Waals surface area contributed by atoms with Crippen molar-refractivity contribution < 1.29 is 14.3 Å². The molecular weight excluding hydrogens is 228 g/mol. The molecule has 0 N–H and O–H groups in total. The molecule has 3 heteroatoms. The Kier molecular flexibility index (Phi) is 4.91. The zero-order valence-corrected chi connectivity index (χ0v) is 11.8. The van der Waals surface area contributed by atoms with Gasteiger partial charge in [0.25, 0.3) is 0 Å². The lowest BCUT2D eigenvalue weighted by Crippen LogP contribution is -2.37. The van der Waals surface area contributed by atoms with Gasteiger partial charge < -0.3 is 9.47 Å². The second-order valence-corrected chi connectivity index (χ2v) is 4.78. The van der Waals surface area contributed by atoms with Crippen molar-refractivity contribution in [1.82, 2.24) is 0 Å². The second-order valence-electron chi connectivity index (χ2n) is 4.78. The molecule has 0 aliphatic rings. The number of benzene rings is 1. The summed E-state index contributed by atoms with van der Waals surface area (Å²) in [5.41, 5.74) is -0.214. The minimum Gasteiger partial charge on any atom is -0.490 e. The first-order chi connectivity index (χ1) is 8.44. The molecule has 0 aliphatic heterocycles. The summed E-state index contributed by atoms with van der Waals surface area (Å²) < 4.78 is 11.0. The van der Waals surface area contributed by atoms with E-state index in [0.29, 0.717) is 17.7 Å². The fourth-order valence-electron chi connectivity index (χ4n) is 1.69. The van der Waals surface area contributed by atoms with E-state index in [9.17, 15) is 4.79 Å². The lowest BCUT2D eigenvalue weighted by molar-refractivity contribution is 0.0102. The van der Waals surface area contributed by atoms with E-state index in [4.69, 9.17) is 9.47 Å². The van der Waals surface area contributed by atoms with Gasteiger partial charge in [-0.15, -0.1) is 0 Å². The van der Waals surface area contributed by atoms with Crippen LogP contribution in [0, 0.1) is 0 Å². The Hall–Kier alpha value is -1.35. The maximum absolute atomic E-state index is 12.5. The molecule has 0 amide bonds. The number of ether oxygens (including phenoxy) is 2. The fraction of sp³-hybridized carbons (Fsp3) is 0.533. The minimum absolute atomic E-state index is 0.0365. The molecule has 0 fully saturated rings. The standard InChI is InChI=1S/C15H22O3/c1-6-15(4,17-5)14(16)12-9-7-8-10-13(12)18-11(2)3/h7-11H,6H2,1-5H3. The third-order valence-corrected chi connectivity index (χ3v) is 3.10. The summed E-state index contributed by atoms with van der Waals surface area (Å²) >= 11 is 0. The molecule has 1 atom stereocenters. The van der Waals surface area contributed by atoms with Gasteiger partial charge in [-0.1, -0.05) is 19.1 Å². The zero-order valence-electron chi connectivity index (χ0n) is 11.8. The van der Waals surface area contributed by atoms with Crippen LogP contribution in [-0.2, 0) is 4.74 Å². The van der Waals surface area contributed by atoms with Gasteiger partial charge in [0.05, 0.1) is 11.7 Å². The first-order valence-electron chi connectivity index (χ1n) is 6.30. The molecule has 0 aliphatic carbocycles. The number of rotatable bonds is 6. The van der Waals surface area contributed by atoms with Crippen molar-refractivity contribution in [2.45, 2.75) is 45.8 Å². The van der Waals surface area contributed by atoms with Crippen molar-refractivity contribution in [1.29, 1.82) is 0 Å². The third-order valence-electron chi connectivity index (χ3n) is 3.10. The number of hydrogen-bond donors (Lipinski definition) is 0. The van der Waals surface area contributed by atoms with Crippen LogP contribution in [0.25, 0.3) is 0 Å². The molecule has 1 aromatic rings. The predicted octanol–water partition coefficient (Wildman–Crippen LogP) is 3.47. The zero-order chi connectivity index (χ0) is 13.8. The normalized spacial score (nSPS) is 14.3. The van der Waals surface area contributed by atoms with Crippen molar-refractivity contribution in [3.05, 3.63) is 29.8 Å². The van der Waals surface area contributed by atoms with E-state index in [1.165, 1.54) is 0 Å². The van der Waals surface area contributed by atoms with Crippen molar-refractivity contribution in [3.63, 3.8) is 0 Å². The van der Waals surface area contributed by atoms with Gasteiger partial charge in [-0.3, -0.25) is 4.79 Å². The molecule has 3 nitrogen and oxygen atoms in total. The average molecular weight is 250 g/mol. The number of ketones is 1. The molecule has 0 aromatic heterocycles. The summed E-state index contributed by atoms with van der Waals surface area (Å²) in [7, 11) is 1.56. The Labute approximate surface area is 109 Å². The Morgan fingerprint density at radius 3 is 2.44 bits per heavy atom. The topological polar surface area (TPSA) is 35.5 Å². The summed E-state index contributed by atoms with van der Waals surface area (Å²) in [5, 5.41) is 0. The Balaban J connectivity index is 3.12. The van der Waals surface area contributed by atoms with Crippen LogP contribution in [0.1, 0.15) is 44.5 Å². The molecule has 1 aromatic carbocycles. The fourth-order valence-corrected chi connectivity index (χ4v) is 1.69. The van der Waals surface area contributed by atoms with E-state index in [1.54, 1.807) is 13.2 Å². The summed E-state index contributed by atoms with van der Waals surface area (Å²) in [6, 6.07) is 7.31. The highest BCUT2D eigenvalue weighted by atomic mass is 16.5. The van der Waals surface area contributed by atoms with Gasteiger partial charge in [-0.2, -0.15) is 0 Å². The van der Waals surface area contributed by atoms with E-state index in [2.05, 4.69) is 0 Å². The van der Waals surface area contributed by atoms with Crippen LogP contribution in [0.4, 0.5) is 0 Å². The molecule has 0 saturated heterocycles. The van der Waals surface area contributed by atoms with Gasteiger partial charge in [-0.05, 0) is 39.3 Å². The van der Waals surface area contributed by atoms with Crippen LogP contribution in [0.3, 0.4) is 0 Å². The number of Topliss-reactive ketones (excluding diaryl/α,β-unsaturated/α-hetero) is 1. The average Bonchev–Trinajstić information content (AvgIpc) is 2.37. The number of para-hydroxylation sites is 1. The van der Waals surface area contributed by atoms with E-state index in [1.807, 2.05) is 45.9 Å². The third kappa shape index (κ3) is 3.10. The van der Waals surface area contributed by atoms with Gasteiger partial charge in [-0.25, -0.2) is 0 Å². The lowest BCUT2D eigenvalue weighted by Gasteiger charge is -2.26. The van der Waals surface area contributed by atoms with Crippen LogP contribution < -0.4 is 4.74 Å². The molecule has 0 bridgehead atoms. The predicted molar refractivity (Wildman–Crippen MR) is 72.2 cm³/mol. The van der Waals surface area contributed by atoms with Crippen LogP contribution in [0.5, 0.6) is 5.75 Å². The molecule has 1 rings (SSSR count). The maximum atomic E-state index is 12.5. The van der Waals surface area contributed by atoms with Crippen LogP contribution >= 0.6 is 0 Å². The molecular formula is C15H22O3. The summed E-state index contributed by atoms with van der Waals surface area (Å²) in [5.74, 6) is 0.581. The summed E-state index contributed by atoms with van der Waals surface area (Å²) in [4.78, 5) is 12.5. The molecule has 0 saturated carbocycles. The first-order valence-corrected chi connectivity index (χ1v) is 6.30. The number of carbonyl (C=O) groups is 1. The highest BCUT2D eigenvalue weighted by Gasteiger charge is 2.33. The SMILES string of the molecule is CCC(C)(OC)C(=O)c1ccccc1OC(C)C. The highest BCUT2D eigenvalue weighted by Crippen LogP contribution is 2.27. The van der Waals surface area contributed by atoms with Crippen LogP contribution in [0.2, 0.25) is 0 Å².